The van der Waals surface area contributed by atoms with Crippen molar-refractivity contribution in [3.8, 4) is 0 Å². The van der Waals surface area contributed by atoms with Gasteiger partial charge in [0.25, 0.3) is 0 Å². The number of halogens is 4. The van der Waals surface area contributed by atoms with Crippen LogP contribution in [-0.2, 0) is 6.18 Å². The number of aryl methyl sites for hydroxylation is 1. The number of nitrogens with one attached hydrogen (secondary N) is 1. The first-order valence-corrected chi connectivity index (χ1v) is 8.86. The first-order valence-electron chi connectivity index (χ1n) is 8.48. The van der Waals surface area contributed by atoms with E-state index in [1.54, 1.807) is 4.90 Å². The molecule has 2 amide bonds. The Morgan fingerprint density at radius 3 is 2.22 bits per heavy atom. The minimum Gasteiger partial charge on any atom is -0.368 e. The van der Waals surface area contributed by atoms with Crippen molar-refractivity contribution < 1.29 is 18.0 Å². The van der Waals surface area contributed by atoms with Crippen molar-refractivity contribution >= 4 is 29.0 Å². The Hall–Kier alpha value is -2.41. The first kappa shape index (κ1) is 19.4. The van der Waals surface area contributed by atoms with Gasteiger partial charge in [0.1, 0.15) is 0 Å². The molecule has 0 spiro atoms. The van der Waals surface area contributed by atoms with Crippen LogP contribution in [0, 0.1) is 6.92 Å². The van der Waals surface area contributed by atoms with E-state index in [2.05, 4.69) is 10.2 Å². The van der Waals surface area contributed by atoms with Crippen molar-refractivity contribution in [3.63, 3.8) is 0 Å². The number of anilines is 2. The number of amides is 2. The summed E-state index contributed by atoms with van der Waals surface area (Å²) in [6.45, 7) is 4.37. The van der Waals surface area contributed by atoms with Crippen LogP contribution in [0.25, 0.3) is 0 Å². The maximum Gasteiger partial charge on any atom is 0.416 e. The second kappa shape index (κ2) is 7.68. The SMILES string of the molecule is Cc1cc(Cl)ccc1N1CCN(C(=O)Nc2ccc(C(F)(F)F)cc2)CC1. The van der Waals surface area contributed by atoms with E-state index in [0.717, 1.165) is 23.4 Å². The molecule has 8 heteroatoms. The van der Waals surface area contributed by atoms with E-state index in [-0.39, 0.29) is 6.03 Å². The minimum absolute atomic E-state index is 0.317. The summed E-state index contributed by atoms with van der Waals surface area (Å²) in [6, 6.07) is 9.82. The highest BCUT2D eigenvalue weighted by Gasteiger charge is 2.30. The van der Waals surface area contributed by atoms with Crippen LogP contribution in [0.15, 0.2) is 42.5 Å². The van der Waals surface area contributed by atoms with Crippen LogP contribution in [-0.4, -0.2) is 37.1 Å². The summed E-state index contributed by atoms with van der Waals surface area (Å²) in [6.07, 6.45) is -4.39. The molecular weight excluding hydrogens is 379 g/mol. The van der Waals surface area contributed by atoms with Gasteiger partial charge in [0.2, 0.25) is 0 Å². The Morgan fingerprint density at radius 1 is 1.04 bits per heavy atom. The van der Waals surface area contributed by atoms with Gasteiger partial charge in [0.15, 0.2) is 0 Å². The molecule has 1 aliphatic heterocycles. The third kappa shape index (κ3) is 4.66. The van der Waals surface area contributed by atoms with Gasteiger partial charge in [0.05, 0.1) is 5.56 Å². The number of carbonyl (C=O) groups is 1. The summed E-state index contributed by atoms with van der Waals surface area (Å²) >= 11 is 5.99. The number of nitrogens with zero attached hydrogens (tertiary/aromatic N) is 2. The largest absolute Gasteiger partial charge is 0.416 e. The Bertz CT molecular complexity index is 816. The monoisotopic (exact) mass is 397 g/mol. The zero-order valence-electron chi connectivity index (χ0n) is 14.7. The van der Waals surface area contributed by atoms with Crippen LogP contribution in [0.3, 0.4) is 0 Å². The fourth-order valence-electron chi connectivity index (χ4n) is 3.07. The van der Waals surface area contributed by atoms with Gasteiger partial charge in [-0.2, -0.15) is 13.2 Å². The van der Waals surface area contributed by atoms with Gasteiger partial charge < -0.3 is 15.1 Å². The quantitative estimate of drug-likeness (QED) is 0.772. The van der Waals surface area contributed by atoms with Crippen molar-refractivity contribution in [2.75, 3.05) is 36.4 Å². The zero-order valence-corrected chi connectivity index (χ0v) is 15.4. The number of benzene rings is 2. The molecule has 27 heavy (non-hydrogen) atoms. The molecule has 1 heterocycles. The summed E-state index contributed by atoms with van der Waals surface area (Å²) in [5, 5.41) is 3.33. The van der Waals surface area contributed by atoms with Crippen molar-refractivity contribution in [2.24, 2.45) is 0 Å². The van der Waals surface area contributed by atoms with Crippen molar-refractivity contribution in [1.82, 2.24) is 4.90 Å². The molecule has 0 radical (unpaired) electrons. The second-order valence-corrected chi connectivity index (χ2v) is 6.85. The van der Waals surface area contributed by atoms with Crippen LogP contribution >= 0.6 is 11.6 Å². The van der Waals surface area contributed by atoms with E-state index in [1.165, 1.54) is 12.1 Å². The van der Waals surface area contributed by atoms with Crippen LogP contribution in [0.5, 0.6) is 0 Å². The minimum atomic E-state index is -4.39. The molecule has 0 aromatic heterocycles. The molecule has 4 nitrogen and oxygen atoms in total. The molecule has 1 N–H and O–H groups in total. The van der Waals surface area contributed by atoms with Crippen molar-refractivity contribution in [3.05, 3.63) is 58.6 Å². The number of piperazine rings is 1. The number of carbonyl (C=O) groups excluding carboxylic acids is 1. The predicted molar refractivity (Wildman–Crippen MR) is 100 cm³/mol. The van der Waals surface area contributed by atoms with E-state index < -0.39 is 11.7 Å². The lowest BCUT2D eigenvalue weighted by molar-refractivity contribution is -0.137. The van der Waals surface area contributed by atoms with Crippen molar-refractivity contribution in [2.45, 2.75) is 13.1 Å². The lowest BCUT2D eigenvalue weighted by atomic mass is 10.1. The van der Waals surface area contributed by atoms with Gasteiger partial charge in [-0.25, -0.2) is 4.79 Å². The molecule has 0 aliphatic carbocycles. The number of alkyl halides is 3. The molecule has 2 aromatic rings. The highest BCUT2D eigenvalue weighted by molar-refractivity contribution is 6.30. The number of hydrogen-bond donors (Lipinski definition) is 1. The van der Waals surface area contributed by atoms with E-state index >= 15 is 0 Å². The zero-order chi connectivity index (χ0) is 19.6. The molecule has 1 aliphatic rings. The molecular formula is C19H19ClF3N3O. The van der Waals surface area contributed by atoms with Crippen LogP contribution in [0.1, 0.15) is 11.1 Å². The lowest BCUT2D eigenvalue weighted by Crippen LogP contribution is -2.50. The summed E-state index contributed by atoms with van der Waals surface area (Å²) < 4.78 is 37.8. The molecule has 0 atom stereocenters. The molecule has 3 rings (SSSR count). The molecule has 2 aromatic carbocycles. The Morgan fingerprint density at radius 2 is 1.67 bits per heavy atom. The summed E-state index contributed by atoms with van der Waals surface area (Å²) in [7, 11) is 0. The fraction of sp³-hybridized carbons (Fsp3) is 0.316. The topological polar surface area (TPSA) is 35.6 Å². The maximum absolute atomic E-state index is 12.6. The standard InChI is InChI=1S/C19H19ClF3N3O/c1-13-12-15(20)4-7-17(13)25-8-10-26(11-9-25)18(27)24-16-5-2-14(3-6-16)19(21,22)23/h2-7,12H,8-11H2,1H3,(H,24,27). The summed E-state index contributed by atoms with van der Waals surface area (Å²) in [5.41, 5.74) is 1.75. The van der Waals surface area contributed by atoms with Crippen LogP contribution in [0.2, 0.25) is 5.02 Å². The fourth-order valence-corrected chi connectivity index (χ4v) is 3.30. The van der Waals surface area contributed by atoms with Crippen LogP contribution in [0.4, 0.5) is 29.3 Å². The first-order chi connectivity index (χ1) is 12.7. The van der Waals surface area contributed by atoms with Crippen LogP contribution < -0.4 is 10.2 Å². The average molecular weight is 398 g/mol. The maximum atomic E-state index is 12.6. The van der Waals surface area contributed by atoms with Gasteiger partial charge in [-0.1, -0.05) is 11.6 Å². The summed E-state index contributed by atoms with van der Waals surface area (Å²) in [5.74, 6) is 0. The predicted octanol–water partition coefficient (Wildman–Crippen LogP) is 5.02. The highest BCUT2D eigenvalue weighted by atomic mass is 35.5. The Labute approximate surface area is 160 Å². The van der Waals surface area contributed by atoms with Gasteiger partial charge in [-0.15, -0.1) is 0 Å². The number of urea groups is 1. The van der Waals surface area contributed by atoms with Gasteiger partial charge in [-0.05, 0) is 55.0 Å². The van der Waals surface area contributed by atoms with Crippen molar-refractivity contribution in [1.29, 1.82) is 0 Å². The third-order valence-electron chi connectivity index (χ3n) is 4.53. The molecule has 0 bridgehead atoms. The molecule has 144 valence electrons. The van der Waals surface area contributed by atoms with Gasteiger partial charge in [0, 0.05) is 42.6 Å². The normalized spacial score (nSPS) is 15.0. The number of hydrogen-bond acceptors (Lipinski definition) is 2. The smallest absolute Gasteiger partial charge is 0.368 e. The molecule has 1 saturated heterocycles. The second-order valence-electron chi connectivity index (χ2n) is 6.41. The number of rotatable bonds is 2. The summed E-state index contributed by atoms with van der Waals surface area (Å²) in [4.78, 5) is 16.2. The molecule has 0 saturated carbocycles. The Balaban J connectivity index is 1.57. The van der Waals surface area contributed by atoms with E-state index in [0.29, 0.717) is 36.9 Å². The van der Waals surface area contributed by atoms with E-state index in [1.807, 2.05) is 25.1 Å². The van der Waals surface area contributed by atoms with Gasteiger partial charge >= 0.3 is 12.2 Å². The molecule has 0 unspecified atom stereocenters. The third-order valence-corrected chi connectivity index (χ3v) is 4.77. The highest BCUT2D eigenvalue weighted by Crippen LogP contribution is 2.30. The van der Waals surface area contributed by atoms with E-state index in [9.17, 15) is 18.0 Å². The van der Waals surface area contributed by atoms with E-state index in [4.69, 9.17) is 11.6 Å². The average Bonchev–Trinajstić information content (AvgIpc) is 2.61. The Kier molecular flexibility index (Phi) is 5.51. The lowest BCUT2D eigenvalue weighted by Gasteiger charge is -2.36. The molecule has 1 fully saturated rings. The van der Waals surface area contributed by atoms with Gasteiger partial charge in [-0.3, -0.25) is 0 Å².